The summed E-state index contributed by atoms with van der Waals surface area (Å²) >= 11 is 11.5. The fourth-order valence-corrected chi connectivity index (χ4v) is 2.07. The summed E-state index contributed by atoms with van der Waals surface area (Å²) in [6.07, 6.45) is 1.04. The lowest BCUT2D eigenvalue weighted by atomic mass is 10.1. The van der Waals surface area contributed by atoms with Crippen LogP contribution >= 0.6 is 23.2 Å². The number of halogens is 2. The Hall–Kier alpha value is -0.930. The van der Waals surface area contributed by atoms with Crippen LogP contribution in [-0.4, -0.2) is 23.9 Å². The van der Waals surface area contributed by atoms with Crippen LogP contribution in [-0.2, 0) is 4.79 Å². The van der Waals surface area contributed by atoms with E-state index in [1.807, 2.05) is 6.92 Å². The first-order valence-electron chi connectivity index (χ1n) is 6.35. The number of alkyl halides is 1. The second-order valence-corrected chi connectivity index (χ2v) is 5.12. The van der Waals surface area contributed by atoms with Gasteiger partial charge in [0.2, 0.25) is 0 Å². The standard InChI is InChI=1S/C14H19Cl2NO2/c1-3-12(7-8-15)17-14(18)10(2)19-13-6-4-5-11(16)9-13/h4-6,9-10,12H,3,7-8H2,1-2H3,(H,17,18). The molecule has 0 saturated heterocycles. The van der Waals surface area contributed by atoms with Crippen molar-refractivity contribution in [2.75, 3.05) is 5.88 Å². The lowest BCUT2D eigenvalue weighted by Crippen LogP contribution is -2.42. The third-order valence-corrected chi connectivity index (χ3v) is 3.23. The zero-order chi connectivity index (χ0) is 14.3. The van der Waals surface area contributed by atoms with Gasteiger partial charge in [0, 0.05) is 16.9 Å². The molecule has 2 unspecified atom stereocenters. The number of nitrogens with one attached hydrogen (secondary N) is 1. The van der Waals surface area contributed by atoms with Crippen molar-refractivity contribution in [2.45, 2.75) is 38.8 Å². The van der Waals surface area contributed by atoms with Crippen LogP contribution in [0.3, 0.4) is 0 Å². The highest BCUT2D eigenvalue weighted by Crippen LogP contribution is 2.18. The topological polar surface area (TPSA) is 38.3 Å². The summed E-state index contributed by atoms with van der Waals surface area (Å²) in [5.41, 5.74) is 0. The maximum atomic E-state index is 12.0. The number of hydrogen-bond acceptors (Lipinski definition) is 2. The molecule has 0 saturated carbocycles. The van der Waals surface area contributed by atoms with E-state index in [2.05, 4.69) is 5.32 Å². The van der Waals surface area contributed by atoms with E-state index in [0.29, 0.717) is 16.7 Å². The normalized spacial score (nSPS) is 13.7. The Kier molecular flexibility index (Phi) is 7.03. The van der Waals surface area contributed by atoms with Gasteiger partial charge in [-0.15, -0.1) is 11.6 Å². The summed E-state index contributed by atoms with van der Waals surface area (Å²) in [5.74, 6) is 0.972. The first-order chi connectivity index (χ1) is 9.06. The zero-order valence-corrected chi connectivity index (χ0v) is 12.7. The third kappa shape index (κ3) is 5.70. The van der Waals surface area contributed by atoms with E-state index in [0.717, 1.165) is 12.8 Å². The fourth-order valence-electron chi connectivity index (χ4n) is 1.63. The van der Waals surface area contributed by atoms with E-state index >= 15 is 0 Å². The molecule has 0 radical (unpaired) electrons. The van der Waals surface area contributed by atoms with Gasteiger partial charge in [-0.2, -0.15) is 0 Å². The first kappa shape index (κ1) is 16.1. The molecule has 19 heavy (non-hydrogen) atoms. The van der Waals surface area contributed by atoms with E-state index in [4.69, 9.17) is 27.9 Å². The molecule has 1 amide bonds. The molecule has 0 heterocycles. The predicted octanol–water partition coefficient (Wildman–Crippen LogP) is 3.63. The van der Waals surface area contributed by atoms with Crippen molar-refractivity contribution < 1.29 is 9.53 Å². The number of hydrogen-bond donors (Lipinski definition) is 1. The third-order valence-electron chi connectivity index (χ3n) is 2.77. The second kappa shape index (κ2) is 8.28. The van der Waals surface area contributed by atoms with Crippen molar-refractivity contribution in [3.63, 3.8) is 0 Å². The Morgan fingerprint density at radius 1 is 1.47 bits per heavy atom. The molecule has 1 aromatic carbocycles. The summed E-state index contributed by atoms with van der Waals surface area (Å²) < 4.78 is 5.55. The van der Waals surface area contributed by atoms with Gasteiger partial charge in [-0.1, -0.05) is 24.6 Å². The Bertz CT molecular complexity index is 412. The lowest BCUT2D eigenvalue weighted by Gasteiger charge is -2.20. The highest BCUT2D eigenvalue weighted by Gasteiger charge is 2.17. The monoisotopic (exact) mass is 303 g/mol. The molecular formula is C14H19Cl2NO2. The minimum Gasteiger partial charge on any atom is -0.481 e. The average Bonchev–Trinajstić information content (AvgIpc) is 2.38. The van der Waals surface area contributed by atoms with Crippen molar-refractivity contribution in [1.29, 1.82) is 0 Å². The molecule has 0 aliphatic rings. The SMILES string of the molecule is CCC(CCCl)NC(=O)C(C)Oc1cccc(Cl)c1. The van der Waals surface area contributed by atoms with Gasteiger partial charge in [-0.3, -0.25) is 4.79 Å². The van der Waals surface area contributed by atoms with Crippen molar-refractivity contribution >= 4 is 29.1 Å². The fraction of sp³-hybridized carbons (Fsp3) is 0.500. The maximum Gasteiger partial charge on any atom is 0.260 e. The van der Waals surface area contributed by atoms with Gasteiger partial charge >= 0.3 is 0 Å². The molecule has 1 rings (SSSR count). The summed E-state index contributed by atoms with van der Waals surface area (Å²) in [6, 6.07) is 7.08. The molecule has 0 aliphatic heterocycles. The molecule has 0 aromatic heterocycles. The minimum atomic E-state index is -0.567. The van der Waals surface area contributed by atoms with E-state index in [9.17, 15) is 4.79 Å². The molecule has 0 fully saturated rings. The van der Waals surface area contributed by atoms with Crippen LogP contribution in [0.2, 0.25) is 5.02 Å². The largest absolute Gasteiger partial charge is 0.481 e. The summed E-state index contributed by atoms with van der Waals surface area (Å²) in [6.45, 7) is 3.73. The molecule has 3 nitrogen and oxygen atoms in total. The maximum absolute atomic E-state index is 12.0. The van der Waals surface area contributed by atoms with E-state index in [1.54, 1.807) is 31.2 Å². The molecule has 0 bridgehead atoms. The highest BCUT2D eigenvalue weighted by molar-refractivity contribution is 6.30. The van der Waals surface area contributed by atoms with Crippen LogP contribution in [0.25, 0.3) is 0 Å². The Balaban J connectivity index is 2.52. The molecule has 5 heteroatoms. The van der Waals surface area contributed by atoms with Crippen LogP contribution in [0, 0.1) is 0 Å². The molecule has 1 N–H and O–H groups in total. The van der Waals surface area contributed by atoms with Gasteiger partial charge in [0.1, 0.15) is 5.75 Å². The van der Waals surface area contributed by atoms with Crippen LogP contribution in [0.15, 0.2) is 24.3 Å². The number of rotatable bonds is 7. The highest BCUT2D eigenvalue weighted by atomic mass is 35.5. The minimum absolute atomic E-state index is 0.0930. The van der Waals surface area contributed by atoms with E-state index < -0.39 is 6.10 Å². The summed E-state index contributed by atoms with van der Waals surface area (Å²) in [7, 11) is 0. The van der Waals surface area contributed by atoms with Crippen molar-refractivity contribution in [3.8, 4) is 5.75 Å². The van der Waals surface area contributed by atoms with Gasteiger partial charge in [0.05, 0.1) is 0 Å². The van der Waals surface area contributed by atoms with Crippen molar-refractivity contribution in [2.24, 2.45) is 0 Å². The number of carbonyl (C=O) groups excluding carboxylic acids is 1. The van der Waals surface area contributed by atoms with Gasteiger partial charge in [0.25, 0.3) is 5.91 Å². The van der Waals surface area contributed by atoms with Gasteiger partial charge < -0.3 is 10.1 Å². The van der Waals surface area contributed by atoms with Gasteiger partial charge in [-0.05, 0) is 38.0 Å². The Morgan fingerprint density at radius 3 is 2.79 bits per heavy atom. The van der Waals surface area contributed by atoms with Gasteiger partial charge in [0.15, 0.2) is 6.10 Å². The van der Waals surface area contributed by atoms with Crippen LogP contribution in [0.1, 0.15) is 26.7 Å². The van der Waals surface area contributed by atoms with Crippen molar-refractivity contribution in [1.82, 2.24) is 5.32 Å². The summed E-state index contributed by atoms with van der Waals surface area (Å²) in [5, 5.41) is 3.50. The number of benzene rings is 1. The van der Waals surface area contributed by atoms with E-state index in [1.165, 1.54) is 0 Å². The molecule has 0 aliphatic carbocycles. The van der Waals surface area contributed by atoms with E-state index in [-0.39, 0.29) is 11.9 Å². The molecule has 2 atom stereocenters. The summed E-state index contributed by atoms with van der Waals surface area (Å²) in [4.78, 5) is 12.0. The van der Waals surface area contributed by atoms with Crippen LogP contribution in [0.4, 0.5) is 0 Å². The second-order valence-electron chi connectivity index (χ2n) is 4.31. The van der Waals surface area contributed by atoms with Crippen LogP contribution < -0.4 is 10.1 Å². The molecule has 0 spiro atoms. The van der Waals surface area contributed by atoms with Crippen LogP contribution in [0.5, 0.6) is 5.75 Å². The number of amides is 1. The molecule has 106 valence electrons. The van der Waals surface area contributed by atoms with Gasteiger partial charge in [-0.25, -0.2) is 0 Å². The lowest BCUT2D eigenvalue weighted by molar-refractivity contribution is -0.128. The van der Waals surface area contributed by atoms with Crippen molar-refractivity contribution in [3.05, 3.63) is 29.3 Å². The number of carbonyl (C=O) groups is 1. The molecule has 1 aromatic rings. The Morgan fingerprint density at radius 2 is 2.21 bits per heavy atom. The quantitative estimate of drug-likeness (QED) is 0.781. The smallest absolute Gasteiger partial charge is 0.260 e. The average molecular weight is 304 g/mol. The number of ether oxygens (including phenoxy) is 1. The Labute approximate surface area is 124 Å². The zero-order valence-electron chi connectivity index (χ0n) is 11.2. The first-order valence-corrected chi connectivity index (χ1v) is 7.26. The molecular weight excluding hydrogens is 285 g/mol. The predicted molar refractivity (Wildman–Crippen MR) is 79.1 cm³/mol.